The van der Waals surface area contributed by atoms with Gasteiger partial charge in [-0.25, -0.2) is 4.98 Å². The van der Waals surface area contributed by atoms with Crippen molar-refractivity contribution >= 4 is 5.82 Å². The number of nitrogens with zero attached hydrogens (tertiary/aromatic N) is 1. The van der Waals surface area contributed by atoms with Gasteiger partial charge in [-0.1, -0.05) is 24.3 Å². The molecule has 0 amide bonds. The topological polar surface area (TPSA) is 59.1 Å². The van der Waals surface area contributed by atoms with Gasteiger partial charge in [0.05, 0.1) is 0 Å². The molecule has 1 aromatic heterocycles. The van der Waals surface area contributed by atoms with E-state index in [4.69, 9.17) is 5.73 Å². The summed E-state index contributed by atoms with van der Waals surface area (Å²) in [6, 6.07) is 9.46. The Bertz CT molecular complexity index is 537. The number of hydrogen-bond acceptors (Lipinski definition) is 3. The predicted octanol–water partition coefficient (Wildman–Crippen LogP) is 2.36. The van der Waals surface area contributed by atoms with Crippen molar-refractivity contribution in [1.82, 2.24) is 4.98 Å². The van der Waals surface area contributed by atoms with E-state index in [9.17, 15) is 5.11 Å². The van der Waals surface area contributed by atoms with E-state index in [0.29, 0.717) is 11.4 Å². The summed E-state index contributed by atoms with van der Waals surface area (Å²) in [5.74, 6) is 0.373. The van der Waals surface area contributed by atoms with Crippen molar-refractivity contribution in [2.75, 3.05) is 5.73 Å². The molecular formula is C14H16N2O. The van der Waals surface area contributed by atoms with Crippen LogP contribution < -0.4 is 5.73 Å². The molecule has 3 heteroatoms. The smallest absolute Gasteiger partial charge is 0.129 e. The van der Waals surface area contributed by atoms with E-state index in [1.165, 1.54) is 5.56 Å². The molecule has 2 rings (SSSR count). The fourth-order valence-electron chi connectivity index (χ4n) is 1.78. The van der Waals surface area contributed by atoms with Crippen molar-refractivity contribution in [1.29, 1.82) is 0 Å². The van der Waals surface area contributed by atoms with E-state index in [2.05, 4.69) is 4.98 Å². The van der Waals surface area contributed by atoms with Crippen LogP contribution in [0.15, 0.2) is 36.5 Å². The zero-order valence-electron chi connectivity index (χ0n) is 10.0. The highest BCUT2D eigenvalue weighted by molar-refractivity contribution is 5.45. The molecule has 0 aliphatic heterocycles. The van der Waals surface area contributed by atoms with E-state index in [1.807, 2.05) is 32.0 Å². The van der Waals surface area contributed by atoms with E-state index in [0.717, 1.165) is 11.1 Å². The number of rotatable bonds is 2. The predicted molar refractivity (Wildman–Crippen MR) is 68.6 cm³/mol. The third-order valence-corrected chi connectivity index (χ3v) is 3.01. The van der Waals surface area contributed by atoms with Crippen LogP contribution >= 0.6 is 0 Å². The van der Waals surface area contributed by atoms with Crippen molar-refractivity contribution in [3.63, 3.8) is 0 Å². The van der Waals surface area contributed by atoms with Gasteiger partial charge in [0, 0.05) is 11.8 Å². The molecule has 3 N–H and O–H groups in total. The Morgan fingerprint density at radius 2 is 1.94 bits per heavy atom. The number of anilines is 1. The van der Waals surface area contributed by atoms with Crippen LogP contribution in [0.3, 0.4) is 0 Å². The van der Waals surface area contributed by atoms with E-state index in [-0.39, 0.29) is 0 Å². The third kappa shape index (κ3) is 2.29. The van der Waals surface area contributed by atoms with Crippen molar-refractivity contribution < 1.29 is 5.11 Å². The minimum absolute atomic E-state index is 0.373. The summed E-state index contributed by atoms with van der Waals surface area (Å²) in [4.78, 5) is 3.98. The van der Waals surface area contributed by atoms with Crippen LogP contribution in [0.25, 0.3) is 0 Å². The molecule has 0 radical (unpaired) electrons. The summed E-state index contributed by atoms with van der Waals surface area (Å²) in [7, 11) is 0. The summed E-state index contributed by atoms with van der Waals surface area (Å²) in [6.45, 7) is 4.07. The fourth-order valence-corrected chi connectivity index (χ4v) is 1.78. The molecule has 2 aromatic rings. The second-order valence-corrected chi connectivity index (χ2v) is 4.22. The average Bonchev–Trinajstić information content (AvgIpc) is 2.32. The van der Waals surface area contributed by atoms with Crippen molar-refractivity contribution in [3.05, 3.63) is 58.8 Å². The Kier molecular flexibility index (Phi) is 3.11. The van der Waals surface area contributed by atoms with Crippen LogP contribution in [0.1, 0.15) is 28.4 Å². The summed E-state index contributed by atoms with van der Waals surface area (Å²) < 4.78 is 0. The molecule has 0 fully saturated rings. The largest absolute Gasteiger partial charge is 0.384 e. The zero-order valence-corrected chi connectivity index (χ0v) is 10.0. The lowest BCUT2D eigenvalue weighted by molar-refractivity contribution is 0.220. The number of aliphatic hydroxyl groups is 1. The molecule has 17 heavy (non-hydrogen) atoms. The maximum Gasteiger partial charge on any atom is 0.129 e. The highest BCUT2D eigenvalue weighted by Gasteiger charge is 2.14. The first-order valence-electron chi connectivity index (χ1n) is 5.55. The van der Waals surface area contributed by atoms with Crippen LogP contribution in [0.4, 0.5) is 5.82 Å². The van der Waals surface area contributed by atoms with Crippen LogP contribution in [0.2, 0.25) is 0 Å². The van der Waals surface area contributed by atoms with Gasteiger partial charge in [0.1, 0.15) is 11.9 Å². The Labute approximate surface area is 101 Å². The number of aryl methyl sites for hydroxylation is 2. The zero-order chi connectivity index (χ0) is 12.4. The average molecular weight is 228 g/mol. The minimum Gasteiger partial charge on any atom is -0.384 e. The molecule has 3 nitrogen and oxygen atoms in total. The maximum absolute atomic E-state index is 10.3. The number of nitrogen functional groups attached to an aromatic ring is 1. The molecule has 1 atom stereocenters. The second kappa shape index (κ2) is 4.55. The molecule has 0 bridgehead atoms. The van der Waals surface area contributed by atoms with Gasteiger partial charge in [-0.15, -0.1) is 0 Å². The van der Waals surface area contributed by atoms with Gasteiger partial charge in [-0.2, -0.15) is 0 Å². The summed E-state index contributed by atoms with van der Waals surface area (Å²) in [5.41, 5.74) is 9.61. The van der Waals surface area contributed by atoms with Crippen LogP contribution in [-0.4, -0.2) is 10.1 Å². The van der Waals surface area contributed by atoms with Crippen LogP contribution in [0, 0.1) is 13.8 Å². The third-order valence-electron chi connectivity index (χ3n) is 3.01. The van der Waals surface area contributed by atoms with E-state index >= 15 is 0 Å². The molecule has 0 aliphatic carbocycles. The summed E-state index contributed by atoms with van der Waals surface area (Å²) >= 11 is 0. The van der Waals surface area contributed by atoms with Gasteiger partial charge < -0.3 is 10.8 Å². The lowest BCUT2D eigenvalue weighted by Crippen LogP contribution is -2.05. The van der Waals surface area contributed by atoms with Crippen molar-refractivity contribution in [3.8, 4) is 0 Å². The molecule has 0 aliphatic rings. The Morgan fingerprint density at radius 3 is 2.59 bits per heavy atom. The Morgan fingerprint density at radius 1 is 1.18 bits per heavy atom. The van der Waals surface area contributed by atoms with E-state index < -0.39 is 6.10 Å². The fraction of sp³-hybridized carbons (Fsp3) is 0.214. The van der Waals surface area contributed by atoms with Crippen LogP contribution in [-0.2, 0) is 0 Å². The SMILES string of the molecule is Cc1ccc(C(O)c2cccnc2N)cc1C. The second-order valence-electron chi connectivity index (χ2n) is 4.22. The molecule has 1 aromatic carbocycles. The number of nitrogens with two attached hydrogens (primary N) is 1. The molecule has 0 saturated heterocycles. The lowest BCUT2D eigenvalue weighted by Gasteiger charge is -2.14. The standard InChI is InChI=1S/C14H16N2O/c1-9-5-6-11(8-10(9)2)13(17)12-4-3-7-16-14(12)15/h3-8,13,17H,1-2H3,(H2,15,16). The van der Waals surface area contributed by atoms with Crippen molar-refractivity contribution in [2.45, 2.75) is 20.0 Å². The number of benzene rings is 1. The number of pyridine rings is 1. The van der Waals surface area contributed by atoms with Gasteiger partial charge in [-0.3, -0.25) is 0 Å². The van der Waals surface area contributed by atoms with Crippen molar-refractivity contribution in [2.24, 2.45) is 0 Å². The Hall–Kier alpha value is -1.87. The molecular weight excluding hydrogens is 212 g/mol. The van der Waals surface area contributed by atoms with E-state index in [1.54, 1.807) is 18.3 Å². The number of aromatic nitrogens is 1. The molecule has 0 spiro atoms. The molecule has 0 saturated carbocycles. The maximum atomic E-state index is 10.3. The minimum atomic E-state index is -0.719. The summed E-state index contributed by atoms with van der Waals surface area (Å²) in [5, 5.41) is 10.3. The van der Waals surface area contributed by atoms with Gasteiger partial charge in [0.15, 0.2) is 0 Å². The first-order valence-corrected chi connectivity index (χ1v) is 5.55. The molecule has 1 unspecified atom stereocenters. The lowest BCUT2D eigenvalue weighted by atomic mass is 9.98. The number of hydrogen-bond donors (Lipinski definition) is 2. The van der Waals surface area contributed by atoms with Gasteiger partial charge >= 0.3 is 0 Å². The quantitative estimate of drug-likeness (QED) is 0.829. The highest BCUT2D eigenvalue weighted by atomic mass is 16.3. The van der Waals surface area contributed by atoms with Gasteiger partial charge in [-0.05, 0) is 36.6 Å². The Balaban J connectivity index is 2.40. The molecule has 88 valence electrons. The molecule has 1 heterocycles. The highest BCUT2D eigenvalue weighted by Crippen LogP contribution is 2.26. The number of aliphatic hydroxyl groups excluding tert-OH is 1. The first-order chi connectivity index (χ1) is 8.09. The first kappa shape index (κ1) is 11.6. The van der Waals surface area contributed by atoms with Crippen LogP contribution in [0.5, 0.6) is 0 Å². The monoisotopic (exact) mass is 228 g/mol. The normalized spacial score (nSPS) is 12.4. The summed E-state index contributed by atoms with van der Waals surface area (Å²) in [6.07, 6.45) is 0.898. The van der Waals surface area contributed by atoms with Gasteiger partial charge in [0.2, 0.25) is 0 Å². The van der Waals surface area contributed by atoms with Gasteiger partial charge in [0.25, 0.3) is 0 Å².